The number of nitrogens with zero attached hydrogens (tertiary/aromatic N) is 6. The number of nitrogen functional groups attached to an aromatic ring is 1. The number of rotatable bonds is 6. The topological polar surface area (TPSA) is 167 Å². The van der Waals surface area contributed by atoms with Crippen molar-refractivity contribution in [1.29, 1.82) is 0 Å². The van der Waals surface area contributed by atoms with E-state index in [1.54, 1.807) is 35.2 Å². The van der Waals surface area contributed by atoms with E-state index in [0.29, 0.717) is 35.1 Å². The standard InChI is InChI=1S/C23H25N9O3S/c1-13-15(9-27-36(34)35)8-25-10-17(13)19-5-14-6-20(26-11-18(14)23(24)28-19)29-21-7-16-3-4-31(2)22(33)12-32(16)30-21/h5-8,10-11,27H,3-4,9,12H2,1-2H3,(H2,24,28)(H,34,35)(H,26,29,30)/p-1. The average molecular weight is 507 g/mol. The highest BCUT2D eigenvalue weighted by atomic mass is 32.2. The first kappa shape index (κ1) is 23.8. The number of likely N-dealkylation sites (N-methyl/N-ethyl adjacent to an activating group) is 1. The van der Waals surface area contributed by atoms with Crippen LogP contribution < -0.4 is 15.8 Å². The van der Waals surface area contributed by atoms with Gasteiger partial charge in [0, 0.05) is 79.1 Å². The van der Waals surface area contributed by atoms with Gasteiger partial charge in [-0.05, 0) is 35.6 Å². The third-order valence-corrected chi connectivity index (χ3v) is 6.63. The zero-order valence-electron chi connectivity index (χ0n) is 19.7. The molecule has 1 atom stereocenters. The fourth-order valence-electron chi connectivity index (χ4n) is 4.16. The molecule has 4 aromatic heterocycles. The second-order valence-corrected chi connectivity index (χ2v) is 9.34. The number of pyridine rings is 3. The molecule has 13 heteroatoms. The zero-order chi connectivity index (χ0) is 25.4. The molecule has 0 aromatic carbocycles. The smallest absolute Gasteiger partial charge is 0.244 e. The molecule has 1 amide bonds. The lowest BCUT2D eigenvalue weighted by Crippen LogP contribution is -2.29. The van der Waals surface area contributed by atoms with E-state index in [0.717, 1.165) is 34.2 Å². The van der Waals surface area contributed by atoms with E-state index in [1.165, 1.54) is 0 Å². The maximum Gasteiger partial charge on any atom is 0.244 e. The Morgan fingerprint density at radius 2 is 2.03 bits per heavy atom. The lowest BCUT2D eigenvalue weighted by atomic mass is 10.0. The Bertz CT molecular complexity index is 1500. The van der Waals surface area contributed by atoms with Crippen LogP contribution in [0.15, 0.2) is 36.8 Å². The Hall–Kier alpha value is -3.94. The largest absolute Gasteiger partial charge is 0.760 e. The molecule has 36 heavy (non-hydrogen) atoms. The molecule has 1 aliphatic rings. The van der Waals surface area contributed by atoms with Gasteiger partial charge in [-0.15, -0.1) is 0 Å². The summed E-state index contributed by atoms with van der Waals surface area (Å²) in [5.41, 5.74) is 10.2. The number of carbonyl (C=O) groups is 1. The fraction of sp³-hybridized carbons (Fsp3) is 0.261. The number of amides is 1. The minimum Gasteiger partial charge on any atom is -0.760 e. The number of anilines is 3. The van der Waals surface area contributed by atoms with Gasteiger partial charge in [-0.1, -0.05) is 0 Å². The van der Waals surface area contributed by atoms with Crippen LogP contribution in [0.4, 0.5) is 17.5 Å². The minimum absolute atomic E-state index is 0.0219. The lowest BCUT2D eigenvalue weighted by Gasteiger charge is -2.13. The summed E-state index contributed by atoms with van der Waals surface area (Å²) in [6.45, 7) is 2.86. The number of fused-ring (bicyclic) bond motifs is 2. The molecule has 0 radical (unpaired) electrons. The van der Waals surface area contributed by atoms with Crippen LogP contribution in [0.1, 0.15) is 16.8 Å². The van der Waals surface area contributed by atoms with Crippen LogP contribution in [0.2, 0.25) is 0 Å². The Kier molecular flexibility index (Phi) is 6.35. The Morgan fingerprint density at radius 1 is 1.19 bits per heavy atom. The lowest BCUT2D eigenvalue weighted by molar-refractivity contribution is -0.130. The molecule has 1 unspecified atom stereocenters. The molecule has 5 rings (SSSR count). The maximum absolute atomic E-state index is 12.2. The van der Waals surface area contributed by atoms with Crippen molar-refractivity contribution in [2.45, 2.75) is 26.4 Å². The summed E-state index contributed by atoms with van der Waals surface area (Å²) in [7, 11) is 1.79. The van der Waals surface area contributed by atoms with Crippen LogP contribution in [0, 0.1) is 6.92 Å². The monoisotopic (exact) mass is 506 g/mol. The number of nitrogens with one attached hydrogen (secondary N) is 2. The summed E-state index contributed by atoms with van der Waals surface area (Å²) in [5.74, 6) is 1.52. The van der Waals surface area contributed by atoms with E-state index in [1.807, 2.05) is 25.1 Å². The average Bonchev–Trinajstić information content (AvgIpc) is 3.16. The van der Waals surface area contributed by atoms with Gasteiger partial charge in [0.15, 0.2) is 5.82 Å². The van der Waals surface area contributed by atoms with Gasteiger partial charge in [0.05, 0.1) is 5.69 Å². The molecule has 0 bridgehead atoms. The second-order valence-electron chi connectivity index (χ2n) is 8.58. The van der Waals surface area contributed by atoms with Gasteiger partial charge in [-0.2, -0.15) is 5.10 Å². The van der Waals surface area contributed by atoms with Crippen LogP contribution in [-0.4, -0.2) is 57.9 Å². The Labute approximate surface area is 209 Å². The minimum atomic E-state index is -2.37. The maximum atomic E-state index is 12.2. The van der Waals surface area contributed by atoms with Crippen molar-refractivity contribution in [3.8, 4) is 11.3 Å². The molecule has 1 aliphatic heterocycles. The molecule has 5 heterocycles. The fourth-order valence-corrected chi connectivity index (χ4v) is 4.44. The molecular formula is C23H24N9O3S-. The highest BCUT2D eigenvalue weighted by Gasteiger charge is 2.19. The summed E-state index contributed by atoms with van der Waals surface area (Å²) < 4.78 is 25.9. The number of carbonyl (C=O) groups excluding carboxylic acids is 1. The predicted octanol–water partition coefficient (Wildman–Crippen LogP) is 1.42. The van der Waals surface area contributed by atoms with Crippen LogP contribution in [0.25, 0.3) is 22.0 Å². The van der Waals surface area contributed by atoms with Gasteiger partial charge >= 0.3 is 0 Å². The van der Waals surface area contributed by atoms with Crippen molar-refractivity contribution in [2.24, 2.45) is 0 Å². The van der Waals surface area contributed by atoms with Crippen molar-refractivity contribution in [3.63, 3.8) is 0 Å². The first-order valence-corrected chi connectivity index (χ1v) is 12.3. The Morgan fingerprint density at radius 3 is 2.83 bits per heavy atom. The number of hydrogen-bond acceptors (Lipinski definition) is 9. The molecule has 186 valence electrons. The van der Waals surface area contributed by atoms with Gasteiger partial charge in [-0.25, -0.2) is 14.7 Å². The third-order valence-electron chi connectivity index (χ3n) is 6.25. The van der Waals surface area contributed by atoms with Crippen molar-refractivity contribution >= 4 is 45.4 Å². The van der Waals surface area contributed by atoms with E-state index in [4.69, 9.17) is 5.73 Å². The van der Waals surface area contributed by atoms with E-state index >= 15 is 0 Å². The van der Waals surface area contributed by atoms with Gasteiger partial charge in [0.2, 0.25) is 5.91 Å². The summed E-state index contributed by atoms with van der Waals surface area (Å²) >= 11 is -2.37. The molecular weight excluding hydrogens is 482 g/mol. The van der Waals surface area contributed by atoms with E-state index in [-0.39, 0.29) is 19.0 Å². The van der Waals surface area contributed by atoms with Crippen LogP contribution >= 0.6 is 0 Å². The molecule has 0 aliphatic carbocycles. The second kappa shape index (κ2) is 9.60. The molecule has 0 spiro atoms. The Balaban J connectivity index is 1.45. The molecule has 0 saturated heterocycles. The summed E-state index contributed by atoms with van der Waals surface area (Å²) in [6, 6.07) is 5.67. The first-order chi connectivity index (χ1) is 17.3. The van der Waals surface area contributed by atoms with Crippen molar-refractivity contribution in [2.75, 3.05) is 24.6 Å². The van der Waals surface area contributed by atoms with E-state index < -0.39 is 11.3 Å². The molecule has 4 aromatic rings. The quantitative estimate of drug-likeness (QED) is 0.328. The first-order valence-electron chi connectivity index (χ1n) is 11.2. The predicted molar refractivity (Wildman–Crippen MR) is 135 cm³/mol. The highest BCUT2D eigenvalue weighted by Crippen LogP contribution is 2.30. The zero-order valence-corrected chi connectivity index (χ0v) is 20.5. The molecule has 0 fully saturated rings. The van der Waals surface area contributed by atoms with Crippen LogP contribution in [-0.2, 0) is 35.6 Å². The summed E-state index contributed by atoms with van der Waals surface area (Å²) in [6.07, 6.45) is 5.67. The molecule has 0 saturated carbocycles. The highest BCUT2D eigenvalue weighted by molar-refractivity contribution is 7.77. The normalized spacial score (nSPS) is 14.5. The van der Waals surface area contributed by atoms with Crippen molar-refractivity contribution in [1.82, 2.24) is 34.4 Å². The third kappa shape index (κ3) is 4.76. The van der Waals surface area contributed by atoms with Gasteiger partial charge in [-0.3, -0.25) is 18.7 Å². The van der Waals surface area contributed by atoms with Crippen LogP contribution in [0.3, 0.4) is 0 Å². The summed E-state index contributed by atoms with van der Waals surface area (Å²) in [4.78, 5) is 27.1. The van der Waals surface area contributed by atoms with Gasteiger partial charge in [0.1, 0.15) is 18.2 Å². The van der Waals surface area contributed by atoms with Crippen LogP contribution in [0.5, 0.6) is 0 Å². The number of nitrogens with two attached hydrogens (primary N) is 1. The number of aromatic nitrogens is 5. The SMILES string of the molecule is Cc1c(CNS(=O)[O-])cncc1-c1cc2cc(Nc3cc4n(n3)CC(=O)N(C)CC4)ncc2c(N)n1. The van der Waals surface area contributed by atoms with Gasteiger partial charge in [0.25, 0.3) is 0 Å². The van der Waals surface area contributed by atoms with Gasteiger partial charge < -0.3 is 20.5 Å². The van der Waals surface area contributed by atoms with E-state index in [9.17, 15) is 13.6 Å². The van der Waals surface area contributed by atoms with E-state index in [2.05, 4.69) is 30.1 Å². The number of hydrogen-bond donors (Lipinski definition) is 3. The van der Waals surface area contributed by atoms with Crippen molar-refractivity contribution in [3.05, 3.63) is 53.6 Å². The molecule has 4 N–H and O–H groups in total. The summed E-state index contributed by atoms with van der Waals surface area (Å²) in [5, 5.41) is 9.26. The van der Waals surface area contributed by atoms with Crippen molar-refractivity contribution < 1.29 is 13.6 Å². The molecule has 12 nitrogen and oxygen atoms in total.